The number of rotatable bonds is 3. The van der Waals surface area contributed by atoms with Crippen LogP contribution in [0.5, 0.6) is 0 Å². The van der Waals surface area contributed by atoms with Crippen LogP contribution in [0.1, 0.15) is 28.2 Å². The van der Waals surface area contributed by atoms with Crippen LogP contribution >= 0.6 is 22.9 Å². The molecule has 18 heavy (non-hydrogen) atoms. The lowest BCUT2D eigenvalue weighted by Crippen LogP contribution is -2.25. The molecule has 1 amide bonds. The first-order chi connectivity index (χ1) is 8.56. The van der Waals surface area contributed by atoms with Crippen molar-refractivity contribution in [2.75, 3.05) is 0 Å². The minimum Gasteiger partial charge on any atom is -0.345 e. The van der Waals surface area contributed by atoms with E-state index >= 15 is 0 Å². The summed E-state index contributed by atoms with van der Waals surface area (Å²) in [5.74, 6) is -0.467. The number of carbonyl (C=O) groups is 1. The van der Waals surface area contributed by atoms with Crippen LogP contribution in [0.25, 0.3) is 0 Å². The maximum absolute atomic E-state index is 12.8. The van der Waals surface area contributed by atoms with E-state index in [4.69, 9.17) is 11.6 Å². The van der Waals surface area contributed by atoms with Crippen LogP contribution in [0, 0.1) is 5.82 Å². The summed E-state index contributed by atoms with van der Waals surface area (Å²) in [4.78, 5) is 12.4. The van der Waals surface area contributed by atoms with Gasteiger partial charge in [0, 0.05) is 0 Å². The third kappa shape index (κ3) is 3.09. The summed E-state index contributed by atoms with van der Waals surface area (Å²) in [6, 6.07) is 9.24. The highest BCUT2D eigenvalue weighted by Gasteiger charge is 2.13. The van der Waals surface area contributed by atoms with Crippen molar-refractivity contribution in [3.63, 3.8) is 0 Å². The lowest BCUT2D eigenvalue weighted by atomic mass is 10.1. The van der Waals surface area contributed by atoms with Gasteiger partial charge in [-0.3, -0.25) is 4.79 Å². The zero-order valence-corrected chi connectivity index (χ0v) is 11.2. The van der Waals surface area contributed by atoms with E-state index < -0.39 is 0 Å². The van der Waals surface area contributed by atoms with Crippen LogP contribution in [0.4, 0.5) is 4.39 Å². The molecule has 2 rings (SSSR count). The van der Waals surface area contributed by atoms with E-state index in [1.807, 2.05) is 6.92 Å². The lowest BCUT2D eigenvalue weighted by molar-refractivity contribution is 0.0944. The Balaban J connectivity index is 2.05. The van der Waals surface area contributed by atoms with E-state index in [2.05, 4.69) is 5.32 Å². The van der Waals surface area contributed by atoms with Gasteiger partial charge in [-0.05, 0) is 36.8 Å². The van der Waals surface area contributed by atoms with Gasteiger partial charge in [-0.25, -0.2) is 4.39 Å². The number of nitrogens with one attached hydrogen (secondary N) is 1. The molecule has 0 aliphatic carbocycles. The smallest absolute Gasteiger partial charge is 0.261 e. The molecule has 0 spiro atoms. The molecule has 1 atom stereocenters. The third-order valence-corrected chi connectivity index (χ3v) is 3.74. The molecule has 1 unspecified atom stereocenters. The number of benzene rings is 1. The summed E-state index contributed by atoms with van der Waals surface area (Å²) in [6.45, 7) is 1.85. The molecule has 94 valence electrons. The van der Waals surface area contributed by atoms with Gasteiger partial charge in [-0.15, -0.1) is 11.3 Å². The molecule has 0 fully saturated rings. The van der Waals surface area contributed by atoms with E-state index in [0.29, 0.717) is 9.21 Å². The number of hydrogen-bond donors (Lipinski definition) is 1. The number of amides is 1. The van der Waals surface area contributed by atoms with Gasteiger partial charge in [0.1, 0.15) is 5.82 Å². The molecule has 1 aromatic heterocycles. The predicted molar refractivity (Wildman–Crippen MR) is 71.6 cm³/mol. The standard InChI is InChI=1S/C13H11ClFNOS/c1-8(9-2-4-10(15)5-3-9)16-13(17)11-6-7-12(14)18-11/h2-8H,1H3,(H,16,17). The van der Waals surface area contributed by atoms with Gasteiger partial charge in [0.15, 0.2) is 0 Å². The highest BCUT2D eigenvalue weighted by Crippen LogP contribution is 2.22. The molecule has 0 radical (unpaired) electrons. The summed E-state index contributed by atoms with van der Waals surface area (Å²) in [6.07, 6.45) is 0. The van der Waals surface area contributed by atoms with Gasteiger partial charge in [0.05, 0.1) is 15.3 Å². The topological polar surface area (TPSA) is 29.1 Å². The lowest BCUT2D eigenvalue weighted by Gasteiger charge is -2.13. The minimum atomic E-state index is -0.290. The second kappa shape index (κ2) is 5.50. The third-order valence-electron chi connectivity index (χ3n) is 2.51. The molecule has 0 saturated heterocycles. The van der Waals surface area contributed by atoms with Crippen LogP contribution in [-0.4, -0.2) is 5.91 Å². The van der Waals surface area contributed by atoms with Gasteiger partial charge < -0.3 is 5.32 Å². The van der Waals surface area contributed by atoms with E-state index in [-0.39, 0.29) is 17.8 Å². The number of carbonyl (C=O) groups excluding carboxylic acids is 1. The molecule has 1 N–H and O–H groups in total. The Kier molecular flexibility index (Phi) is 3.99. The maximum Gasteiger partial charge on any atom is 0.261 e. The zero-order chi connectivity index (χ0) is 13.1. The van der Waals surface area contributed by atoms with Gasteiger partial charge in [0.25, 0.3) is 5.91 Å². The highest BCUT2D eigenvalue weighted by molar-refractivity contribution is 7.17. The van der Waals surface area contributed by atoms with Crippen molar-refractivity contribution in [1.82, 2.24) is 5.32 Å². The molecule has 0 aliphatic heterocycles. The summed E-state index contributed by atoms with van der Waals surface area (Å²) >= 11 is 7.00. The summed E-state index contributed by atoms with van der Waals surface area (Å²) < 4.78 is 13.4. The zero-order valence-electron chi connectivity index (χ0n) is 9.61. The van der Waals surface area contributed by atoms with Crippen LogP contribution in [-0.2, 0) is 0 Å². The average molecular weight is 284 g/mol. The second-order valence-corrected chi connectivity index (χ2v) is 5.57. The molecule has 0 bridgehead atoms. The van der Waals surface area contributed by atoms with Gasteiger partial charge in [-0.2, -0.15) is 0 Å². The summed E-state index contributed by atoms with van der Waals surface area (Å²) in [5.41, 5.74) is 0.854. The van der Waals surface area contributed by atoms with Gasteiger partial charge in [-0.1, -0.05) is 23.7 Å². The molecule has 0 aliphatic rings. The molecule has 5 heteroatoms. The van der Waals surface area contributed by atoms with Crippen molar-refractivity contribution < 1.29 is 9.18 Å². The first-order valence-corrected chi connectivity index (χ1v) is 6.57. The Bertz CT molecular complexity index is 552. The highest BCUT2D eigenvalue weighted by atomic mass is 35.5. The summed E-state index contributed by atoms with van der Waals surface area (Å²) in [7, 11) is 0. The average Bonchev–Trinajstić information content (AvgIpc) is 2.76. The van der Waals surface area contributed by atoms with Crippen molar-refractivity contribution in [1.29, 1.82) is 0 Å². The molecule has 1 heterocycles. The van der Waals surface area contributed by atoms with Crippen LogP contribution in [0.2, 0.25) is 4.34 Å². The van der Waals surface area contributed by atoms with Gasteiger partial charge >= 0.3 is 0 Å². The molecule has 2 aromatic rings. The summed E-state index contributed by atoms with van der Waals surface area (Å²) in [5, 5.41) is 2.84. The minimum absolute atomic E-state index is 0.177. The Morgan fingerprint density at radius 2 is 1.94 bits per heavy atom. The van der Waals surface area contributed by atoms with E-state index in [0.717, 1.165) is 5.56 Å². The largest absolute Gasteiger partial charge is 0.345 e. The second-order valence-electron chi connectivity index (χ2n) is 3.85. The number of halogens is 2. The Hall–Kier alpha value is -1.39. The fourth-order valence-electron chi connectivity index (χ4n) is 1.54. The SMILES string of the molecule is CC(NC(=O)c1ccc(Cl)s1)c1ccc(F)cc1. The van der Waals surface area contributed by atoms with Crippen molar-refractivity contribution in [3.05, 3.63) is 57.0 Å². The Morgan fingerprint density at radius 1 is 1.28 bits per heavy atom. The number of thiophene rings is 1. The monoisotopic (exact) mass is 283 g/mol. The first-order valence-electron chi connectivity index (χ1n) is 5.38. The Morgan fingerprint density at radius 3 is 2.50 bits per heavy atom. The van der Waals surface area contributed by atoms with E-state index in [1.54, 1.807) is 24.3 Å². The van der Waals surface area contributed by atoms with Crippen molar-refractivity contribution in [3.8, 4) is 0 Å². The molecule has 1 aromatic carbocycles. The van der Waals surface area contributed by atoms with Gasteiger partial charge in [0.2, 0.25) is 0 Å². The molecule has 2 nitrogen and oxygen atoms in total. The maximum atomic E-state index is 12.8. The predicted octanol–water partition coefficient (Wildman–Crippen LogP) is 4.03. The normalized spacial score (nSPS) is 12.2. The van der Waals surface area contributed by atoms with Crippen molar-refractivity contribution >= 4 is 28.8 Å². The van der Waals surface area contributed by atoms with E-state index in [1.165, 1.54) is 23.5 Å². The fourth-order valence-corrected chi connectivity index (χ4v) is 2.49. The molecular weight excluding hydrogens is 273 g/mol. The van der Waals surface area contributed by atoms with E-state index in [9.17, 15) is 9.18 Å². The quantitative estimate of drug-likeness (QED) is 0.905. The molecular formula is C13H11ClFNOS. The molecule has 0 saturated carbocycles. The van der Waals surface area contributed by atoms with Crippen LogP contribution in [0.3, 0.4) is 0 Å². The van der Waals surface area contributed by atoms with Crippen LogP contribution in [0.15, 0.2) is 36.4 Å². The first kappa shape index (κ1) is 13.1. The van der Waals surface area contributed by atoms with Crippen molar-refractivity contribution in [2.45, 2.75) is 13.0 Å². The van der Waals surface area contributed by atoms with Crippen LogP contribution < -0.4 is 5.32 Å². The Labute approximate surface area is 113 Å². The fraction of sp³-hybridized carbons (Fsp3) is 0.154. The van der Waals surface area contributed by atoms with Crippen molar-refractivity contribution in [2.24, 2.45) is 0 Å². The number of hydrogen-bond acceptors (Lipinski definition) is 2.